The molecule has 1 aliphatic rings. The van der Waals surface area contributed by atoms with Gasteiger partial charge in [-0.3, -0.25) is 0 Å². The molecule has 21 heavy (non-hydrogen) atoms. The Morgan fingerprint density at radius 3 is 2.67 bits per heavy atom. The molecule has 3 N–H and O–H groups in total. The highest BCUT2D eigenvalue weighted by Gasteiger charge is 2.35. The Kier molecular flexibility index (Phi) is 4.95. The Balaban J connectivity index is 2.07. The van der Waals surface area contributed by atoms with Gasteiger partial charge < -0.3 is 15.8 Å². The lowest BCUT2D eigenvalue weighted by Gasteiger charge is -2.34. The molecule has 0 saturated heterocycles. The lowest BCUT2D eigenvalue weighted by Crippen LogP contribution is -2.54. The van der Waals surface area contributed by atoms with Gasteiger partial charge in [0.05, 0.1) is 7.11 Å². The molecule has 3 heteroatoms. The topological polar surface area (TPSA) is 47.3 Å². The van der Waals surface area contributed by atoms with Gasteiger partial charge in [0.1, 0.15) is 5.75 Å². The summed E-state index contributed by atoms with van der Waals surface area (Å²) in [5, 5.41) is 3.82. The molecule has 1 saturated carbocycles. The minimum atomic E-state index is -0.0836. The molecule has 1 aliphatic carbocycles. The van der Waals surface area contributed by atoms with Crippen LogP contribution in [0.2, 0.25) is 0 Å². The van der Waals surface area contributed by atoms with Crippen molar-refractivity contribution >= 4 is 0 Å². The van der Waals surface area contributed by atoms with E-state index < -0.39 is 0 Å². The number of para-hydroxylation sites is 1. The SMILES string of the molecule is COc1ccccc1CC(C)(CN)NC1CCC(C)(C)C1. The van der Waals surface area contributed by atoms with Gasteiger partial charge in [0.25, 0.3) is 0 Å². The van der Waals surface area contributed by atoms with Gasteiger partial charge in [-0.2, -0.15) is 0 Å². The van der Waals surface area contributed by atoms with E-state index in [0.717, 1.165) is 12.2 Å². The fourth-order valence-corrected chi connectivity index (χ4v) is 3.50. The number of methoxy groups -OCH3 is 1. The lowest BCUT2D eigenvalue weighted by molar-refractivity contribution is 0.290. The average Bonchev–Trinajstić information content (AvgIpc) is 2.78. The smallest absolute Gasteiger partial charge is 0.122 e. The number of ether oxygens (including phenoxy) is 1. The molecule has 0 radical (unpaired) electrons. The lowest BCUT2D eigenvalue weighted by atomic mass is 9.89. The first kappa shape index (κ1) is 16.3. The van der Waals surface area contributed by atoms with E-state index in [4.69, 9.17) is 10.5 Å². The van der Waals surface area contributed by atoms with Crippen molar-refractivity contribution in [3.8, 4) is 5.75 Å². The van der Waals surface area contributed by atoms with Gasteiger partial charge in [-0.05, 0) is 49.7 Å². The van der Waals surface area contributed by atoms with Gasteiger partial charge >= 0.3 is 0 Å². The van der Waals surface area contributed by atoms with E-state index in [1.807, 2.05) is 12.1 Å². The summed E-state index contributed by atoms with van der Waals surface area (Å²) >= 11 is 0. The molecule has 118 valence electrons. The number of nitrogens with one attached hydrogen (secondary N) is 1. The predicted octanol–water partition coefficient (Wildman–Crippen LogP) is 3.12. The van der Waals surface area contributed by atoms with Crippen molar-refractivity contribution in [3.05, 3.63) is 29.8 Å². The van der Waals surface area contributed by atoms with Gasteiger partial charge in [-0.15, -0.1) is 0 Å². The number of hydrogen-bond acceptors (Lipinski definition) is 3. The summed E-state index contributed by atoms with van der Waals surface area (Å²) in [4.78, 5) is 0. The second-order valence-corrected chi connectivity index (χ2v) is 7.50. The van der Waals surface area contributed by atoms with Crippen LogP contribution in [0, 0.1) is 5.41 Å². The molecule has 2 rings (SSSR count). The Bertz CT molecular complexity index is 472. The van der Waals surface area contributed by atoms with Crippen LogP contribution in [0.4, 0.5) is 0 Å². The normalized spacial score (nSPS) is 23.8. The van der Waals surface area contributed by atoms with Crippen LogP contribution in [0.15, 0.2) is 24.3 Å². The molecule has 1 fully saturated rings. The molecule has 2 unspecified atom stereocenters. The Labute approximate surface area is 129 Å². The summed E-state index contributed by atoms with van der Waals surface area (Å²) in [5.41, 5.74) is 7.68. The van der Waals surface area contributed by atoms with E-state index in [1.165, 1.54) is 24.8 Å². The zero-order chi connectivity index (χ0) is 15.5. The van der Waals surface area contributed by atoms with E-state index in [-0.39, 0.29) is 5.54 Å². The summed E-state index contributed by atoms with van der Waals surface area (Å²) in [5.74, 6) is 0.950. The molecule has 0 heterocycles. The third-order valence-corrected chi connectivity index (χ3v) is 4.74. The Morgan fingerprint density at radius 1 is 1.38 bits per heavy atom. The van der Waals surface area contributed by atoms with Gasteiger partial charge in [-0.25, -0.2) is 0 Å². The van der Waals surface area contributed by atoms with Crippen LogP contribution in [0.5, 0.6) is 5.75 Å². The van der Waals surface area contributed by atoms with E-state index in [2.05, 4.69) is 38.2 Å². The third kappa shape index (κ3) is 4.21. The number of hydrogen-bond donors (Lipinski definition) is 2. The molecule has 0 spiro atoms. The first-order valence-corrected chi connectivity index (χ1v) is 7.97. The summed E-state index contributed by atoms with van der Waals surface area (Å²) in [7, 11) is 1.73. The molecule has 1 aromatic rings. The van der Waals surface area contributed by atoms with Crippen LogP contribution in [0.3, 0.4) is 0 Å². The zero-order valence-electron chi connectivity index (χ0n) is 13.9. The molecule has 0 aliphatic heterocycles. The number of nitrogens with two attached hydrogens (primary N) is 1. The van der Waals surface area contributed by atoms with Crippen molar-refractivity contribution in [3.63, 3.8) is 0 Å². The van der Waals surface area contributed by atoms with Crippen LogP contribution in [-0.4, -0.2) is 25.2 Å². The average molecular weight is 290 g/mol. The molecular weight excluding hydrogens is 260 g/mol. The van der Waals surface area contributed by atoms with Crippen molar-refractivity contribution < 1.29 is 4.74 Å². The molecular formula is C18H30N2O. The fourth-order valence-electron chi connectivity index (χ4n) is 3.50. The Hall–Kier alpha value is -1.06. The largest absolute Gasteiger partial charge is 0.496 e. The Morgan fingerprint density at radius 2 is 2.10 bits per heavy atom. The van der Waals surface area contributed by atoms with Crippen LogP contribution < -0.4 is 15.8 Å². The van der Waals surface area contributed by atoms with Gasteiger partial charge in [0.2, 0.25) is 0 Å². The van der Waals surface area contributed by atoms with E-state index in [1.54, 1.807) is 7.11 Å². The zero-order valence-corrected chi connectivity index (χ0v) is 13.9. The molecule has 0 amide bonds. The second kappa shape index (κ2) is 6.37. The molecule has 2 atom stereocenters. The van der Waals surface area contributed by atoms with Crippen LogP contribution in [0.1, 0.15) is 45.6 Å². The second-order valence-electron chi connectivity index (χ2n) is 7.50. The first-order chi connectivity index (χ1) is 9.87. The summed E-state index contributed by atoms with van der Waals surface area (Å²) in [6.07, 6.45) is 4.66. The molecule has 1 aromatic carbocycles. The molecule has 0 aromatic heterocycles. The summed E-state index contributed by atoms with van der Waals surface area (Å²) in [6.45, 7) is 7.57. The van der Waals surface area contributed by atoms with Crippen molar-refractivity contribution in [2.45, 2.75) is 58.0 Å². The van der Waals surface area contributed by atoms with Crippen LogP contribution >= 0.6 is 0 Å². The maximum atomic E-state index is 6.09. The highest BCUT2D eigenvalue weighted by Crippen LogP contribution is 2.38. The monoisotopic (exact) mass is 290 g/mol. The summed E-state index contributed by atoms with van der Waals surface area (Å²) in [6, 6.07) is 8.80. The van der Waals surface area contributed by atoms with Gasteiger partial charge in [0.15, 0.2) is 0 Å². The predicted molar refractivity (Wildman–Crippen MR) is 88.7 cm³/mol. The maximum absolute atomic E-state index is 6.09. The highest BCUT2D eigenvalue weighted by molar-refractivity contribution is 5.34. The first-order valence-electron chi connectivity index (χ1n) is 7.97. The quantitative estimate of drug-likeness (QED) is 0.846. The summed E-state index contributed by atoms with van der Waals surface area (Å²) < 4.78 is 5.47. The standard InChI is InChI=1S/C18H30N2O/c1-17(2)10-9-15(12-17)20-18(3,13-19)11-14-7-5-6-8-16(14)21-4/h5-8,15,20H,9-13,19H2,1-4H3. The molecule has 3 nitrogen and oxygen atoms in total. The van der Waals surface area contributed by atoms with Crippen molar-refractivity contribution in [1.82, 2.24) is 5.32 Å². The van der Waals surface area contributed by atoms with E-state index in [9.17, 15) is 0 Å². The fraction of sp³-hybridized carbons (Fsp3) is 0.667. The van der Waals surface area contributed by atoms with Crippen LogP contribution in [-0.2, 0) is 6.42 Å². The van der Waals surface area contributed by atoms with Crippen molar-refractivity contribution in [2.24, 2.45) is 11.1 Å². The van der Waals surface area contributed by atoms with Crippen molar-refractivity contribution in [2.75, 3.05) is 13.7 Å². The van der Waals surface area contributed by atoms with Gasteiger partial charge in [-0.1, -0.05) is 32.0 Å². The number of rotatable bonds is 6. The number of benzene rings is 1. The minimum Gasteiger partial charge on any atom is -0.496 e. The van der Waals surface area contributed by atoms with E-state index >= 15 is 0 Å². The maximum Gasteiger partial charge on any atom is 0.122 e. The third-order valence-electron chi connectivity index (χ3n) is 4.74. The highest BCUT2D eigenvalue weighted by atomic mass is 16.5. The van der Waals surface area contributed by atoms with Gasteiger partial charge in [0, 0.05) is 18.1 Å². The van der Waals surface area contributed by atoms with Crippen LogP contribution in [0.25, 0.3) is 0 Å². The van der Waals surface area contributed by atoms with Crippen molar-refractivity contribution in [1.29, 1.82) is 0 Å². The minimum absolute atomic E-state index is 0.0836. The van der Waals surface area contributed by atoms with E-state index in [0.29, 0.717) is 18.0 Å². The molecule has 0 bridgehead atoms.